The SMILES string of the molecule is CCc1cc(-c2sc3c(C(C)C)c(-c4cc(C(C)C)c(C(C)C)s4)sc3c2C)sc1C(C)C. The van der Waals surface area contributed by atoms with Crippen LogP contribution in [0.4, 0.5) is 0 Å². The van der Waals surface area contributed by atoms with Gasteiger partial charge in [0.15, 0.2) is 0 Å². The average molecular weight is 515 g/mol. The molecule has 0 aromatic carbocycles. The van der Waals surface area contributed by atoms with Crippen LogP contribution in [0.1, 0.15) is 118 Å². The molecule has 0 saturated heterocycles. The van der Waals surface area contributed by atoms with E-state index in [1.807, 2.05) is 45.3 Å². The number of thiophene rings is 4. The van der Waals surface area contributed by atoms with Crippen molar-refractivity contribution in [3.8, 4) is 19.5 Å². The van der Waals surface area contributed by atoms with Gasteiger partial charge in [0, 0.05) is 34.0 Å². The predicted molar refractivity (Wildman–Crippen MR) is 157 cm³/mol. The van der Waals surface area contributed by atoms with Crippen molar-refractivity contribution >= 4 is 54.7 Å². The lowest BCUT2D eigenvalue weighted by Crippen LogP contribution is -1.92. The molecule has 0 atom stereocenters. The third-order valence-corrected chi connectivity index (χ3v) is 12.6. The van der Waals surface area contributed by atoms with Crippen molar-refractivity contribution in [2.45, 2.75) is 99.3 Å². The highest BCUT2D eigenvalue weighted by Crippen LogP contribution is 2.53. The second-order valence-electron chi connectivity index (χ2n) is 10.5. The molecule has 4 heteroatoms. The zero-order valence-corrected chi connectivity index (χ0v) is 25.1. The van der Waals surface area contributed by atoms with Gasteiger partial charge in [-0.3, -0.25) is 0 Å². The molecular formula is C29H38S4. The Balaban J connectivity index is 1.90. The van der Waals surface area contributed by atoms with E-state index < -0.39 is 0 Å². The van der Waals surface area contributed by atoms with Gasteiger partial charge in [0.25, 0.3) is 0 Å². The third kappa shape index (κ3) is 4.42. The molecule has 4 heterocycles. The normalized spacial score (nSPS) is 12.5. The van der Waals surface area contributed by atoms with Gasteiger partial charge in [0.1, 0.15) is 0 Å². The summed E-state index contributed by atoms with van der Waals surface area (Å²) in [6, 6.07) is 4.98. The Morgan fingerprint density at radius 2 is 1.21 bits per heavy atom. The van der Waals surface area contributed by atoms with Gasteiger partial charge in [0.05, 0.1) is 4.70 Å². The summed E-state index contributed by atoms with van der Waals surface area (Å²) in [6.45, 7) is 23.4. The van der Waals surface area contributed by atoms with E-state index in [1.54, 1.807) is 20.9 Å². The summed E-state index contributed by atoms with van der Waals surface area (Å²) in [5, 5.41) is 0. The molecule has 0 saturated carbocycles. The molecule has 0 aliphatic heterocycles. The first-order chi connectivity index (χ1) is 15.5. The van der Waals surface area contributed by atoms with Gasteiger partial charge in [0.2, 0.25) is 0 Å². The van der Waals surface area contributed by atoms with Gasteiger partial charge >= 0.3 is 0 Å². The number of aryl methyl sites for hydroxylation is 2. The quantitative estimate of drug-likeness (QED) is 0.230. The van der Waals surface area contributed by atoms with Crippen molar-refractivity contribution < 1.29 is 0 Å². The summed E-state index contributed by atoms with van der Waals surface area (Å²) in [5.41, 5.74) is 6.13. The lowest BCUT2D eigenvalue weighted by Gasteiger charge is -2.08. The Morgan fingerprint density at radius 3 is 1.70 bits per heavy atom. The highest BCUT2D eigenvalue weighted by molar-refractivity contribution is 7.34. The van der Waals surface area contributed by atoms with Crippen LogP contribution in [0.3, 0.4) is 0 Å². The molecule has 0 bridgehead atoms. The number of hydrogen-bond acceptors (Lipinski definition) is 4. The maximum atomic E-state index is 2.50. The molecule has 178 valence electrons. The highest BCUT2D eigenvalue weighted by Gasteiger charge is 2.26. The summed E-state index contributed by atoms with van der Waals surface area (Å²) in [4.78, 5) is 9.09. The number of rotatable bonds is 7. The fourth-order valence-corrected chi connectivity index (χ4v) is 10.7. The Morgan fingerprint density at radius 1 is 0.636 bits per heavy atom. The van der Waals surface area contributed by atoms with Crippen LogP contribution in [0.5, 0.6) is 0 Å². The van der Waals surface area contributed by atoms with Crippen molar-refractivity contribution in [1.29, 1.82) is 0 Å². The largest absolute Gasteiger partial charge is 0.139 e. The minimum atomic E-state index is 0.521. The summed E-state index contributed by atoms with van der Waals surface area (Å²) < 4.78 is 3.04. The van der Waals surface area contributed by atoms with Crippen LogP contribution in [0.25, 0.3) is 28.9 Å². The Kier molecular flexibility index (Phi) is 7.32. The van der Waals surface area contributed by atoms with Crippen molar-refractivity contribution in [2.75, 3.05) is 0 Å². The van der Waals surface area contributed by atoms with Crippen LogP contribution >= 0.6 is 45.3 Å². The molecule has 0 aliphatic rings. The molecule has 0 spiro atoms. The van der Waals surface area contributed by atoms with E-state index >= 15 is 0 Å². The average Bonchev–Trinajstić information content (AvgIpc) is 3.48. The number of fused-ring (bicyclic) bond motifs is 1. The molecular weight excluding hydrogens is 477 g/mol. The molecule has 4 aromatic rings. The van der Waals surface area contributed by atoms with Crippen LogP contribution in [0.15, 0.2) is 12.1 Å². The molecule has 0 unspecified atom stereocenters. The van der Waals surface area contributed by atoms with Gasteiger partial charge in [-0.1, -0.05) is 62.3 Å². The molecule has 4 rings (SSSR count). The number of hydrogen-bond donors (Lipinski definition) is 0. The van der Waals surface area contributed by atoms with Crippen LogP contribution in [0, 0.1) is 6.92 Å². The summed E-state index contributed by atoms with van der Waals surface area (Å²) in [7, 11) is 0. The van der Waals surface area contributed by atoms with Gasteiger partial charge in [-0.2, -0.15) is 0 Å². The van der Waals surface area contributed by atoms with Crippen molar-refractivity contribution in [1.82, 2.24) is 0 Å². The Labute approximate surface area is 216 Å². The van der Waals surface area contributed by atoms with Crippen LogP contribution < -0.4 is 0 Å². The zero-order valence-electron chi connectivity index (χ0n) is 21.8. The maximum absolute atomic E-state index is 2.50. The van der Waals surface area contributed by atoms with Crippen LogP contribution in [0.2, 0.25) is 0 Å². The molecule has 0 N–H and O–H groups in total. The zero-order chi connectivity index (χ0) is 24.2. The van der Waals surface area contributed by atoms with E-state index in [1.165, 1.54) is 40.0 Å². The van der Waals surface area contributed by atoms with Crippen molar-refractivity contribution in [3.63, 3.8) is 0 Å². The first-order valence-electron chi connectivity index (χ1n) is 12.4. The van der Waals surface area contributed by atoms with Crippen molar-refractivity contribution in [3.05, 3.63) is 44.1 Å². The van der Waals surface area contributed by atoms with E-state index in [-0.39, 0.29) is 0 Å². The van der Waals surface area contributed by atoms with Crippen LogP contribution in [-0.4, -0.2) is 0 Å². The lowest BCUT2D eigenvalue weighted by molar-refractivity contribution is 0.810. The highest BCUT2D eigenvalue weighted by atomic mass is 32.1. The fourth-order valence-electron chi connectivity index (χ4n) is 4.75. The van der Waals surface area contributed by atoms with E-state index in [9.17, 15) is 0 Å². The smallest absolute Gasteiger partial charge is 0.0501 e. The molecule has 0 fully saturated rings. The van der Waals surface area contributed by atoms with Crippen molar-refractivity contribution in [2.24, 2.45) is 0 Å². The summed E-state index contributed by atoms with van der Waals surface area (Å²) >= 11 is 8.14. The Hall–Kier alpha value is -0.940. The first-order valence-corrected chi connectivity index (χ1v) is 15.6. The summed E-state index contributed by atoms with van der Waals surface area (Å²) in [5.74, 6) is 2.28. The van der Waals surface area contributed by atoms with E-state index in [0.29, 0.717) is 23.7 Å². The molecule has 4 aromatic heterocycles. The minimum Gasteiger partial charge on any atom is -0.139 e. The van der Waals surface area contributed by atoms with E-state index in [2.05, 4.69) is 81.4 Å². The topological polar surface area (TPSA) is 0 Å². The fraction of sp³-hybridized carbons (Fsp3) is 0.517. The Bertz CT molecular complexity index is 1240. The minimum absolute atomic E-state index is 0.521. The lowest BCUT2D eigenvalue weighted by atomic mass is 9.97. The first kappa shape index (κ1) is 25.2. The second kappa shape index (κ2) is 9.60. The molecule has 33 heavy (non-hydrogen) atoms. The second-order valence-corrected chi connectivity index (χ2v) is 14.7. The predicted octanol–water partition coefficient (Wildman–Crippen LogP) is 11.8. The standard InChI is InChI=1S/C29H38S4/c1-11-19-12-21(30-24(19)16(6)7)26-18(10)27-29(32-26)23(15(4)5)28(33-27)22-13-20(14(2)3)25(31-22)17(8)9/h12-17H,11H2,1-10H3. The van der Waals surface area contributed by atoms with Gasteiger partial charge in [-0.05, 0) is 71.4 Å². The third-order valence-electron chi connectivity index (χ3n) is 6.49. The monoisotopic (exact) mass is 514 g/mol. The molecule has 0 aliphatic carbocycles. The molecule has 0 amide bonds. The van der Waals surface area contributed by atoms with Gasteiger partial charge in [-0.25, -0.2) is 0 Å². The molecule has 0 nitrogen and oxygen atoms in total. The maximum Gasteiger partial charge on any atom is 0.0501 e. The molecule has 0 radical (unpaired) electrons. The van der Waals surface area contributed by atoms with Gasteiger partial charge in [-0.15, -0.1) is 45.3 Å². The van der Waals surface area contributed by atoms with Crippen LogP contribution in [-0.2, 0) is 6.42 Å². The van der Waals surface area contributed by atoms with E-state index in [0.717, 1.165) is 6.42 Å². The van der Waals surface area contributed by atoms with E-state index in [4.69, 9.17) is 0 Å². The summed E-state index contributed by atoms with van der Waals surface area (Å²) in [6.07, 6.45) is 1.12. The van der Waals surface area contributed by atoms with Gasteiger partial charge < -0.3 is 0 Å².